The minimum atomic E-state index is 0.751. The molecule has 0 aliphatic rings. The fraction of sp³-hybridized carbons (Fsp3) is 0.182. The Hall–Kier alpha value is -1.28. The van der Waals surface area contributed by atoms with Crippen molar-refractivity contribution < 1.29 is 0 Å². The predicted octanol–water partition coefficient (Wildman–Crippen LogP) is 3.05. The molecule has 3 heteroatoms. The topological polar surface area (TPSA) is 17.8 Å². The van der Waals surface area contributed by atoms with Gasteiger partial charge in [-0.3, -0.25) is 0 Å². The highest BCUT2D eigenvalue weighted by Gasteiger charge is 2.04. The third-order valence-electron chi connectivity index (χ3n) is 2.34. The van der Waals surface area contributed by atoms with Gasteiger partial charge in [-0.2, -0.15) is 0 Å². The van der Waals surface area contributed by atoms with Crippen LogP contribution in [0.1, 0.15) is 5.82 Å². The second-order valence-corrected chi connectivity index (χ2v) is 3.70. The predicted molar refractivity (Wildman–Crippen MR) is 58.4 cm³/mol. The number of aromatic nitrogens is 2. The molecule has 0 spiro atoms. The molecule has 0 bridgehead atoms. The summed E-state index contributed by atoms with van der Waals surface area (Å²) in [5.74, 6) is 1.000. The molecule has 0 saturated heterocycles. The zero-order chi connectivity index (χ0) is 10.1. The molecule has 0 saturated carbocycles. The average molecular weight is 207 g/mol. The summed E-state index contributed by atoms with van der Waals surface area (Å²) in [5, 5.41) is 0.751. The van der Waals surface area contributed by atoms with E-state index in [-0.39, 0.29) is 0 Å². The zero-order valence-electron chi connectivity index (χ0n) is 8.16. The van der Waals surface area contributed by atoms with E-state index >= 15 is 0 Å². The Balaban J connectivity index is 2.55. The fourth-order valence-corrected chi connectivity index (χ4v) is 1.61. The van der Waals surface area contributed by atoms with Crippen molar-refractivity contribution in [2.75, 3.05) is 0 Å². The number of hydrogen-bond donors (Lipinski definition) is 0. The summed E-state index contributed by atoms with van der Waals surface area (Å²) in [5.41, 5.74) is 2.19. The van der Waals surface area contributed by atoms with Crippen LogP contribution in [0.15, 0.2) is 30.5 Å². The van der Waals surface area contributed by atoms with Crippen molar-refractivity contribution >= 4 is 11.6 Å². The maximum Gasteiger partial charge on any atom is 0.105 e. The molecule has 1 aromatic carbocycles. The van der Waals surface area contributed by atoms with Crippen molar-refractivity contribution in [3.05, 3.63) is 41.3 Å². The Labute approximate surface area is 88.2 Å². The number of halogens is 1. The number of nitrogens with zero attached hydrogens (tertiary/aromatic N) is 2. The molecule has 0 radical (unpaired) electrons. The van der Waals surface area contributed by atoms with Gasteiger partial charge in [0.1, 0.15) is 5.82 Å². The highest BCUT2D eigenvalue weighted by Crippen LogP contribution is 2.22. The van der Waals surface area contributed by atoms with E-state index in [0.717, 1.165) is 22.1 Å². The largest absolute Gasteiger partial charge is 0.331 e. The van der Waals surface area contributed by atoms with Crippen LogP contribution < -0.4 is 0 Å². The SMILES string of the molecule is Cc1ncc(-c2cccc(Cl)c2)n1C. The summed E-state index contributed by atoms with van der Waals surface area (Å²) in [7, 11) is 2.00. The van der Waals surface area contributed by atoms with Crippen LogP contribution in [-0.2, 0) is 7.05 Å². The Morgan fingerprint density at radius 3 is 2.71 bits per heavy atom. The maximum atomic E-state index is 5.92. The molecule has 0 N–H and O–H groups in total. The third-order valence-corrected chi connectivity index (χ3v) is 2.58. The minimum Gasteiger partial charge on any atom is -0.331 e. The van der Waals surface area contributed by atoms with E-state index in [9.17, 15) is 0 Å². The molecule has 0 aliphatic carbocycles. The lowest BCUT2D eigenvalue weighted by Crippen LogP contribution is -1.93. The van der Waals surface area contributed by atoms with Crippen LogP contribution in [0.3, 0.4) is 0 Å². The monoisotopic (exact) mass is 206 g/mol. The van der Waals surface area contributed by atoms with Crippen LogP contribution in [0.25, 0.3) is 11.3 Å². The van der Waals surface area contributed by atoms with E-state index in [1.54, 1.807) is 0 Å². The lowest BCUT2D eigenvalue weighted by Gasteiger charge is -2.03. The molecule has 0 amide bonds. The van der Waals surface area contributed by atoms with Crippen molar-refractivity contribution in [1.82, 2.24) is 9.55 Å². The van der Waals surface area contributed by atoms with Gasteiger partial charge in [-0.05, 0) is 19.1 Å². The summed E-state index contributed by atoms with van der Waals surface area (Å²) in [6.45, 7) is 1.98. The molecular weight excluding hydrogens is 196 g/mol. The molecule has 0 atom stereocenters. The lowest BCUT2D eigenvalue weighted by molar-refractivity contribution is 0.865. The third kappa shape index (κ3) is 1.53. The number of benzene rings is 1. The van der Waals surface area contributed by atoms with Crippen molar-refractivity contribution in [2.24, 2.45) is 7.05 Å². The minimum absolute atomic E-state index is 0.751. The van der Waals surface area contributed by atoms with Crippen LogP contribution in [0.4, 0.5) is 0 Å². The second kappa shape index (κ2) is 3.46. The first-order valence-electron chi connectivity index (χ1n) is 4.43. The molecule has 0 fully saturated rings. The second-order valence-electron chi connectivity index (χ2n) is 3.26. The number of hydrogen-bond acceptors (Lipinski definition) is 1. The standard InChI is InChI=1S/C11H11ClN2/c1-8-13-7-11(14(8)2)9-4-3-5-10(12)6-9/h3-7H,1-2H3. The van der Waals surface area contributed by atoms with Gasteiger partial charge in [0.05, 0.1) is 11.9 Å². The number of aryl methyl sites for hydroxylation is 1. The van der Waals surface area contributed by atoms with E-state index in [2.05, 4.69) is 4.98 Å². The van der Waals surface area contributed by atoms with Crippen LogP contribution in [0.5, 0.6) is 0 Å². The fourth-order valence-electron chi connectivity index (χ4n) is 1.42. The summed E-state index contributed by atoms with van der Waals surface area (Å²) in [4.78, 5) is 4.24. The first-order chi connectivity index (χ1) is 6.68. The molecule has 2 nitrogen and oxygen atoms in total. The van der Waals surface area contributed by atoms with Gasteiger partial charge in [-0.25, -0.2) is 4.98 Å². The van der Waals surface area contributed by atoms with Crippen LogP contribution in [0.2, 0.25) is 5.02 Å². The molecule has 2 aromatic rings. The van der Waals surface area contributed by atoms with Gasteiger partial charge < -0.3 is 4.57 Å². The Morgan fingerprint density at radius 2 is 2.14 bits per heavy atom. The first-order valence-corrected chi connectivity index (χ1v) is 4.80. The average Bonchev–Trinajstić information content (AvgIpc) is 2.48. The molecule has 2 rings (SSSR count). The quantitative estimate of drug-likeness (QED) is 0.701. The summed E-state index contributed by atoms with van der Waals surface area (Å²) in [6, 6.07) is 7.79. The maximum absolute atomic E-state index is 5.92. The molecule has 0 aliphatic heterocycles. The molecule has 1 heterocycles. The Bertz CT molecular complexity index is 460. The smallest absolute Gasteiger partial charge is 0.105 e. The van der Waals surface area contributed by atoms with Gasteiger partial charge in [0.25, 0.3) is 0 Å². The van der Waals surface area contributed by atoms with Gasteiger partial charge in [0.15, 0.2) is 0 Å². The van der Waals surface area contributed by atoms with Gasteiger partial charge in [-0.1, -0.05) is 23.7 Å². The van der Waals surface area contributed by atoms with Crippen molar-refractivity contribution in [1.29, 1.82) is 0 Å². The van der Waals surface area contributed by atoms with E-state index in [4.69, 9.17) is 11.6 Å². The summed E-state index contributed by atoms with van der Waals surface area (Å²) in [6.07, 6.45) is 1.86. The van der Waals surface area contributed by atoms with Crippen LogP contribution >= 0.6 is 11.6 Å². The van der Waals surface area contributed by atoms with E-state index in [1.165, 1.54) is 0 Å². The summed E-state index contributed by atoms with van der Waals surface area (Å²) >= 11 is 5.92. The zero-order valence-corrected chi connectivity index (χ0v) is 8.92. The van der Waals surface area contributed by atoms with Crippen LogP contribution in [-0.4, -0.2) is 9.55 Å². The van der Waals surface area contributed by atoms with Gasteiger partial charge in [0, 0.05) is 17.6 Å². The highest BCUT2D eigenvalue weighted by atomic mass is 35.5. The molecule has 72 valence electrons. The van der Waals surface area contributed by atoms with E-state index in [1.807, 2.05) is 49.0 Å². The number of imidazole rings is 1. The van der Waals surface area contributed by atoms with Crippen molar-refractivity contribution in [3.63, 3.8) is 0 Å². The van der Waals surface area contributed by atoms with E-state index in [0.29, 0.717) is 0 Å². The van der Waals surface area contributed by atoms with Crippen molar-refractivity contribution in [2.45, 2.75) is 6.92 Å². The number of rotatable bonds is 1. The van der Waals surface area contributed by atoms with Crippen LogP contribution in [0, 0.1) is 6.92 Å². The lowest BCUT2D eigenvalue weighted by atomic mass is 10.2. The van der Waals surface area contributed by atoms with E-state index < -0.39 is 0 Å². The molecular formula is C11H11ClN2. The van der Waals surface area contributed by atoms with Gasteiger partial charge in [0.2, 0.25) is 0 Å². The first kappa shape index (κ1) is 9.28. The molecule has 0 unspecified atom stereocenters. The molecule has 14 heavy (non-hydrogen) atoms. The Kier molecular flexibility index (Phi) is 2.30. The highest BCUT2D eigenvalue weighted by molar-refractivity contribution is 6.30. The molecule has 1 aromatic heterocycles. The normalized spacial score (nSPS) is 10.5. The summed E-state index contributed by atoms with van der Waals surface area (Å²) < 4.78 is 2.05. The van der Waals surface area contributed by atoms with Crippen molar-refractivity contribution in [3.8, 4) is 11.3 Å². The van der Waals surface area contributed by atoms with Gasteiger partial charge in [-0.15, -0.1) is 0 Å². The Morgan fingerprint density at radius 1 is 1.36 bits per heavy atom. The van der Waals surface area contributed by atoms with Gasteiger partial charge >= 0.3 is 0 Å².